The Morgan fingerprint density at radius 1 is 0.757 bits per heavy atom. The van der Waals surface area contributed by atoms with E-state index in [1.54, 1.807) is 0 Å². The Hall–Kier alpha value is -4.09. The second-order valence-electron chi connectivity index (χ2n) is 9.72. The van der Waals surface area contributed by atoms with Crippen LogP contribution in [0.3, 0.4) is 0 Å². The Kier molecular flexibility index (Phi) is 6.86. The number of pyridine rings is 1. The number of nitrogens with zero attached hydrogens (tertiary/aromatic N) is 4. The van der Waals surface area contributed by atoms with E-state index in [9.17, 15) is 0 Å². The number of hydrogen-bond acceptors (Lipinski definition) is 5. The number of hydrogen-bond donors (Lipinski definition) is 1. The summed E-state index contributed by atoms with van der Waals surface area (Å²) in [6.45, 7) is 3.15. The van der Waals surface area contributed by atoms with E-state index in [0.717, 1.165) is 54.3 Å². The molecule has 5 nitrogen and oxygen atoms in total. The van der Waals surface area contributed by atoms with Gasteiger partial charge in [0.1, 0.15) is 11.5 Å². The summed E-state index contributed by atoms with van der Waals surface area (Å²) in [4.78, 5) is 6.84. The molecule has 1 fully saturated rings. The standard InChI is InChI=1S/C32H31N5/c1-2-9-24(10-3-1)21-27(37-19-6-7-20-37)23-34-31-22-30(26-15-17-33-18-16-26)32(36-35-31)29-14-8-12-25-11-4-5-13-28(25)29/h1-5,8-18,22,27H,6-7,19-21,23H2,(H,34,35)/t27-/m0/s1. The zero-order valence-electron chi connectivity index (χ0n) is 20.9. The van der Waals surface area contributed by atoms with Crippen LogP contribution in [0.4, 0.5) is 5.82 Å². The Morgan fingerprint density at radius 2 is 1.51 bits per heavy atom. The van der Waals surface area contributed by atoms with Gasteiger partial charge >= 0.3 is 0 Å². The maximum absolute atomic E-state index is 4.79. The van der Waals surface area contributed by atoms with Gasteiger partial charge in [-0.2, -0.15) is 0 Å². The Bertz CT molecular complexity index is 1460. The van der Waals surface area contributed by atoms with Crippen LogP contribution in [0.15, 0.2) is 103 Å². The van der Waals surface area contributed by atoms with Gasteiger partial charge in [-0.3, -0.25) is 9.88 Å². The zero-order valence-corrected chi connectivity index (χ0v) is 20.9. The molecule has 3 aromatic carbocycles. The van der Waals surface area contributed by atoms with Gasteiger partial charge in [0.25, 0.3) is 0 Å². The van der Waals surface area contributed by atoms with Crippen LogP contribution in [0.1, 0.15) is 18.4 Å². The number of fused-ring (bicyclic) bond motifs is 1. The molecule has 0 radical (unpaired) electrons. The largest absolute Gasteiger partial charge is 0.367 e. The molecule has 0 spiro atoms. The van der Waals surface area contributed by atoms with Crippen molar-refractivity contribution >= 4 is 16.6 Å². The molecule has 0 bridgehead atoms. The molecule has 0 aliphatic carbocycles. The summed E-state index contributed by atoms with van der Waals surface area (Å²) in [5.41, 5.74) is 5.47. The highest BCUT2D eigenvalue weighted by molar-refractivity contribution is 5.99. The first-order valence-electron chi connectivity index (χ1n) is 13.1. The number of rotatable bonds is 8. The Balaban J connectivity index is 1.33. The van der Waals surface area contributed by atoms with E-state index in [1.807, 2.05) is 24.5 Å². The second-order valence-corrected chi connectivity index (χ2v) is 9.72. The van der Waals surface area contributed by atoms with Crippen LogP contribution in [0, 0.1) is 0 Å². The third-order valence-electron chi connectivity index (χ3n) is 7.32. The third kappa shape index (κ3) is 5.23. The van der Waals surface area contributed by atoms with Crippen LogP contribution in [-0.2, 0) is 6.42 Å². The van der Waals surface area contributed by atoms with Gasteiger partial charge in [0.15, 0.2) is 0 Å². The molecule has 6 rings (SSSR count). The first kappa shape index (κ1) is 23.3. The molecule has 5 aromatic rings. The van der Waals surface area contributed by atoms with Gasteiger partial charge in [0.05, 0.1) is 0 Å². The fourth-order valence-electron chi connectivity index (χ4n) is 5.41. The fraction of sp³-hybridized carbons (Fsp3) is 0.219. The minimum absolute atomic E-state index is 0.411. The lowest BCUT2D eigenvalue weighted by molar-refractivity contribution is 0.250. The molecule has 1 aliphatic rings. The lowest BCUT2D eigenvalue weighted by atomic mass is 9.96. The Morgan fingerprint density at radius 3 is 2.35 bits per heavy atom. The van der Waals surface area contributed by atoms with Gasteiger partial charge in [0, 0.05) is 36.1 Å². The van der Waals surface area contributed by atoms with Crippen molar-refractivity contribution in [1.29, 1.82) is 0 Å². The number of nitrogens with one attached hydrogen (secondary N) is 1. The molecule has 1 saturated heterocycles. The van der Waals surface area contributed by atoms with Crippen molar-refractivity contribution < 1.29 is 0 Å². The van der Waals surface area contributed by atoms with Crippen LogP contribution < -0.4 is 5.32 Å². The first-order valence-corrected chi connectivity index (χ1v) is 13.1. The number of aromatic nitrogens is 3. The van der Waals surface area contributed by atoms with Gasteiger partial charge < -0.3 is 5.32 Å². The molecule has 5 heteroatoms. The van der Waals surface area contributed by atoms with Gasteiger partial charge in [-0.05, 0) is 72.5 Å². The highest BCUT2D eigenvalue weighted by Gasteiger charge is 2.23. The van der Waals surface area contributed by atoms with Crippen molar-refractivity contribution in [3.8, 4) is 22.4 Å². The fourth-order valence-corrected chi connectivity index (χ4v) is 5.41. The van der Waals surface area contributed by atoms with Crippen LogP contribution in [0.25, 0.3) is 33.2 Å². The summed E-state index contributed by atoms with van der Waals surface area (Å²) in [5.74, 6) is 0.799. The van der Waals surface area contributed by atoms with Gasteiger partial charge in [0.2, 0.25) is 0 Å². The third-order valence-corrected chi connectivity index (χ3v) is 7.32. The Labute approximate surface area is 218 Å². The summed E-state index contributed by atoms with van der Waals surface area (Å²) in [5, 5.41) is 15.5. The summed E-state index contributed by atoms with van der Waals surface area (Å²) in [6.07, 6.45) is 7.23. The smallest absolute Gasteiger partial charge is 0.149 e. The number of benzene rings is 3. The molecular weight excluding hydrogens is 454 g/mol. The van der Waals surface area contributed by atoms with Crippen LogP contribution >= 0.6 is 0 Å². The molecule has 1 aliphatic heterocycles. The summed E-state index contributed by atoms with van der Waals surface area (Å²) in [7, 11) is 0. The minimum atomic E-state index is 0.411. The highest BCUT2D eigenvalue weighted by atomic mass is 15.2. The summed E-state index contributed by atoms with van der Waals surface area (Å²) < 4.78 is 0. The number of anilines is 1. The molecule has 2 aromatic heterocycles. The SMILES string of the molecule is c1ccc(C[C@@H](CNc2cc(-c3ccncc3)c(-c3cccc4ccccc34)nn2)N2CCCC2)cc1. The molecule has 1 N–H and O–H groups in total. The maximum Gasteiger partial charge on any atom is 0.149 e. The van der Waals surface area contributed by atoms with E-state index in [0.29, 0.717) is 6.04 Å². The van der Waals surface area contributed by atoms with Crippen LogP contribution in [-0.4, -0.2) is 45.8 Å². The van der Waals surface area contributed by atoms with E-state index in [2.05, 4.69) is 99.2 Å². The molecule has 1 atom stereocenters. The van der Waals surface area contributed by atoms with Crippen molar-refractivity contribution in [1.82, 2.24) is 20.1 Å². The van der Waals surface area contributed by atoms with Crippen LogP contribution in [0.2, 0.25) is 0 Å². The average Bonchev–Trinajstić information content (AvgIpc) is 3.51. The molecule has 37 heavy (non-hydrogen) atoms. The van der Waals surface area contributed by atoms with E-state index < -0.39 is 0 Å². The monoisotopic (exact) mass is 485 g/mol. The summed E-state index contributed by atoms with van der Waals surface area (Å²) in [6, 6.07) is 32.2. The minimum Gasteiger partial charge on any atom is -0.367 e. The van der Waals surface area contributed by atoms with E-state index >= 15 is 0 Å². The van der Waals surface area contributed by atoms with E-state index in [1.165, 1.54) is 29.2 Å². The normalized spacial score (nSPS) is 14.6. The van der Waals surface area contributed by atoms with Gasteiger partial charge in [-0.25, -0.2) is 0 Å². The van der Waals surface area contributed by atoms with Crippen LogP contribution in [0.5, 0.6) is 0 Å². The van der Waals surface area contributed by atoms with Gasteiger partial charge in [-0.15, -0.1) is 10.2 Å². The first-order chi connectivity index (χ1) is 18.3. The summed E-state index contributed by atoms with van der Waals surface area (Å²) >= 11 is 0. The van der Waals surface area contributed by atoms with Crippen molar-refractivity contribution in [2.75, 3.05) is 25.0 Å². The quantitative estimate of drug-likeness (QED) is 0.273. The van der Waals surface area contributed by atoms with Crippen molar-refractivity contribution in [3.63, 3.8) is 0 Å². The molecule has 184 valence electrons. The highest BCUT2D eigenvalue weighted by Crippen LogP contribution is 2.35. The van der Waals surface area contributed by atoms with E-state index in [4.69, 9.17) is 5.10 Å². The van der Waals surface area contributed by atoms with E-state index in [-0.39, 0.29) is 0 Å². The number of likely N-dealkylation sites (tertiary alicyclic amines) is 1. The zero-order chi connectivity index (χ0) is 24.9. The lowest BCUT2D eigenvalue weighted by Crippen LogP contribution is -2.40. The molecule has 0 amide bonds. The maximum atomic E-state index is 4.79. The average molecular weight is 486 g/mol. The van der Waals surface area contributed by atoms with Crippen molar-refractivity contribution in [3.05, 3.63) is 109 Å². The van der Waals surface area contributed by atoms with Gasteiger partial charge in [-0.1, -0.05) is 72.8 Å². The molecule has 3 heterocycles. The molecule has 0 saturated carbocycles. The van der Waals surface area contributed by atoms with Crippen molar-refractivity contribution in [2.45, 2.75) is 25.3 Å². The topological polar surface area (TPSA) is 53.9 Å². The predicted molar refractivity (Wildman–Crippen MR) is 151 cm³/mol. The van der Waals surface area contributed by atoms with Crippen molar-refractivity contribution in [2.24, 2.45) is 0 Å². The molecule has 0 unspecified atom stereocenters. The molecular formula is C32H31N5. The second kappa shape index (κ2) is 10.9. The lowest BCUT2D eigenvalue weighted by Gasteiger charge is -2.28. The predicted octanol–water partition coefficient (Wildman–Crippen LogP) is 6.48.